The molecule has 1 saturated heterocycles. The number of rotatable bonds is 3. The molecule has 2 aliphatic heterocycles. The summed E-state index contributed by atoms with van der Waals surface area (Å²) in [6.45, 7) is 19.0. The Morgan fingerprint density at radius 2 is 1.43 bits per heavy atom. The summed E-state index contributed by atoms with van der Waals surface area (Å²) in [6, 6.07) is -0.241. The number of carbonyl (C=O) groups is 5. The second-order valence-electron chi connectivity index (χ2n) is 8.42. The maximum atomic E-state index is 12.1. The molecule has 0 spiro atoms. The summed E-state index contributed by atoms with van der Waals surface area (Å²) in [5.74, 6) is -3.17. The second-order valence-corrected chi connectivity index (χ2v) is 8.42. The summed E-state index contributed by atoms with van der Waals surface area (Å²) in [4.78, 5) is 54.5. The molecule has 2 aliphatic rings. The molecule has 13 heteroatoms. The largest absolute Gasteiger partial charge is 0.476 e. The van der Waals surface area contributed by atoms with Crippen LogP contribution >= 0.6 is 0 Å². The van der Waals surface area contributed by atoms with E-state index in [1.54, 1.807) is 41.5 Å². The minimum atomic E-state index is -1.10. The Balaban J connectivity index is 0.000000569. The van der Waals surface area contributed by atoms with Crippen molar-refractivity contribution in [3.8, 4) is 0 Å². The number of amides is 1. The van der Waals surface area contributed by atoms with Crippen LogP contribution in [0.25, 0.3) is 0 Å². The smallest absolute Gasteiger partial charge is 0.356 e. The van der Waals surface area contributed by atoms with E-state index < -0.39 is 23.6 Å². The summed E-state index contributed by atoms with van der Waals surface area (Å²) >= 11 is 0. The van der Waals surface area contributed by atoms with Gasteiger partial charge >= 0.3 is 11.9 Å². The van der Waals surface area contributed by atoms with E-state index in [2.05, 4.69) is 25.9 Å². The first-order valence-electron chi connectivity index (χ1n) is 13.1. The third kappa shape index (κ3) is 8.97. The molecule has 2 aromatic heterocycles. The molecule has 4 heterocycles. The van der Waals surface area contributed by atoms with Crippen molar-refractivity contribution in [1.82, 2.24) is 30.6 Å². The molecular weight excluding hydrogens is 520 g/mol. The number of carboxylic acids is 2. The molecule has 0 bridgehead atoms. The number of aromatic nitrogens is 4. The quantitative estimate of drug-likeness (QED) is 0.346. The van der Waals surface area contributed by atoms with Crippen molar-refractivity contribution in [3.05, 3.63) is 45.2 Å². The van der Waals surface area contributed by atoms with E-state index in [9.17, 15) is 24.0 Å². The average Bonchev–Trinajstić information content (AvgIpc) is 3.70. The number of hydrogen-bond donors (Lipinski definition) is 5. The summed E-state index contributed by atoms with van der Waals surface area (Å²) in [5.41, 5.74) is 3.91. The number of hydrogen-bond acceptors (Lipinski definition) is 8. The van der Waals surface area contributed by atoms with Crippen molar-refractivity contribution in [2.75, 3.05) is 6.54 Å². The van der Waals surface area contributed by atoms with Gasteiger partial charge in [-0.2, -0.15) is 10.2 Å². The summed E-state index contributed by atoms with van der Waals surface area (Å²) in [5, 5.41) is 33.0. The lowest BCUT2D eigenvalue weighted by molar-refractivity contribution is -0.134. The van der Waals surface area contributed by atoms with Crippen LogP contribution in [0, 0.1) is 27.7 Å². The van der Waals surface area contributed by atoms with Gasteiger partial charge in [-0.05, 0) is 60.9 Å². The van der Waals surface area contributed by atoms with Crippen LogP contribution in [0.5, 0.6) is 0 Å². The Kier molecular flexibility index (Phi) is 15.0. The lowest BCUT2D eigenvalue weighted by Gasteiger charge is -2.09. The molecular formula is C27H42N6O7. The van der Waals surface area contributed by atoms with Gasteiger partial charge in [-0.25, -0.2) is 14.3 Å². The minimum absolute atomic E-state index is 0.0474. The molecule has 1 amide bonds. The molecule has 0 radical (unpaired) electrons. The molecule has 0 saturated carbocycles. The molecule has 0 aromatic carbocycles. The zero-order valence-corrected chi connectivity index (χ0v) is 25.0. The summed E-state index contributed by atoms with van der Waals surface area (Å²) in [6.07, 6.45) is 1.74. The lowest BCUT2D eigenvalue weighted by Crippen LogP contribution is -2.36. The average molecular weight is 563 g/mol. The Bertz CT molecular complexity index is 1250. The normalized spacial score (nSPS) is 15.3. The third-order valence-corrected chi connectivity index (χ3v) is 6.05. The first kappa shape index (κ1) is 35.9. The monoisotopic (exact) mass is 562 g/mol. The topological polar surface area (TPSA) is 196 Å². The van der Waals surface area contributed by atoms with Gasteiger partial charge in [0.25, 0.3) is 11.8 Å². The highest BCUT2D eigenvalue weighted by atomic mass is 16.4. The highest BCUT2D eigenvalue weighted by molar-refractivity contribution is 6.45. The first-order valence-corrected chi connectivity index (χ1v) is 13.1. The SMILES string of the molecule is CC.CC.CC1=C(C)C(=O)C(=O)N1.Cc1[nH]nc(C(=O)O)c1C.Cc1c(C(=O)O)nn(C(=O)[C@@H]2CCCN2)c1C. The predicted octanol–water partition coefficient (Wildman–Crippen LogP) is 3.35. The van der Waals surface area contributed by atoms with Crippen molar-refractivity contribution in [1.29, 1.82) is 0 Å². The molecule has 1 fully saturated rings. The number of aromatic carboxylic acids is 2. The van der Waals surface area contributed by atoms with Crippen molar-refractivity contribution in [3.63, 3.8) is 0 Å². The molecule has 4 rings (SSSR count). The van der Waals surface area contributed by atoms with Crippen molar-refractivity contribution in [2.24, 2.45) is 0 Å². The molecule has 0 aliphatic carbocycles. The van der Waals surface area contributed by atoms with Gasteiger partial charge in [-0.3, -0.25) is 19.5 Å². The number of aromatic amines is 1. The Morgan fingerprint density at radius 1 is 0.875 bits per heavy atom. The number of ketones is 1. The second kappa shape index (κ2) is 16.7. The zero-order valence-electron chi connectivity index (χ0n) is 25.0. The maximum absolute atomic E-state index is 12.1. The van der Waals surface area contributed by atoms with E-state index in [-0.39, 0.29) is 23.3 Å². The fourth-order valence-corrected chi connectivity index (χ4v) is 3.40. The number of carboxylic acid groups (broad SMARTS) is 2. The third-order valence-electron chi connectivity index (χ3n) is 6.05. The highest BCUT2D eigenvalue weighted by Gasteiger charge is 2.28. The van der Waals surface area contributed by atoms with Crippen LogP contribution in [0.4, 0.5) is 0 Å². The van der Waals surface area contributed by atoms with Crippen LogP contribution < -0.4 is 10.6 Å². The Morgan fingerprint density at radius 3 is 1.70 bits per heavy atom. The first-order chi connectivity index (χ1) is 18.8. The number of allylic oxidation sites excluding steroid dienone is 1. The fraction of sp³-hybridized carbons (Fsp3) is 0.519. The molecule has 13 nitrogen and oxygen atoms in total. The van der Waals surface area contributed by atoms with E-state index in [1.807, 2.05) is 27.7 Å². The minimum Gasteiger partial charge on any atom is -0.476 e. The van der Waals surface area contributed by atoms with Crippen LogP contribution in [0.1, 0.15) is 103 Å². The van der Waals surface area contributed by atoms with E-state index in [0.29, 0.717) is 28.1 Å². The van der Waals surface area contributed by atoms with Gasteiger partial charge in [0, 0.05) is 33.8 Å². The number of nitrogens with zero attached hydrogens (tertiary/aromatic N) is 3. The van der Waals surface area contributed by atoms with Crippen molar-refractivity contribution >= 4 is 29.5 Å². The number of H-pyrrole nitrogens is 1. The van der Waals surface area contributed by atoms with Crippen LogP contribution in [0.3, 0.4) is 0 Å². The molecule has 40 heavy (non-hydrogen) atoms. The van der Waals surface area contributed by atoms with Gasteiger partial charge in [0.15, 0.2) is 11.4 Å². The van der Waals surface area contributed by atoms with E-state index >= 15 is 0 Å². The van der Waals surface area contributed by atoms with Crippen LogP contribution in [-0.2, 0) is 9.59 Å². The molecule has 222 valence electrons. The van der Waals surface area contributed by atoms with Gasteiger partial charge in [0.2, 0.25) is 5.78 Å². The standard InChI is InChI=1S/C11H15N3O3.C6H8N2O2.C6H7NO2.2C2H6/c1-6-7(2)14(13-9(6)11(16)17)10(15)8-4-3-5-12-8;1-3-4(2)7-8-5(3)6(9)10;1-3-4(2)7-6(9)5(3)8;2*1-2/h8,12H,3-5H2,1-2H3,(H,16,17);1-2H3,(H,7,8)(H,9,10);1-2H3,(H,7,8,9);2*1-2H3/t8-;;;;/m0..../s1. The van der Waals surface area contributed by atoms with Crippen molar-refractivity contribution < 1.29 is 34.2 Å². The van der Waals surface area contributed by atoms with Crippen LogP contribution in [0.2, 0.25) is 0 Å². The summed E-state index contributed by atoms with van der Waals surface area (Å²) < 4.78 is 1.21. The fourth-order valence-electron chi connectivity index (χ4n) is 3.40. The number of aryl methyl sites for hydroxylation is 1. The zero-order chi connectivity index (χ0) is 31.3. The number of Topliss-reactive ketones (excluding diaryl/α,β-unsaturated/α-hetero) is 1. The van der Waals surface area contributed by atoms with E-state index in [4.69, 9.17) is 10.2 Å². The van der Waals surface area contributed by atoms with Gasteiger partial charge in [0.05, 0.1) is 6.04 Å². The number of nitrogens with one attached hydrogen (secondary N) is 3. The van der Waals surface area contributed by atoms with Gasteiger partial charge in [-0.1, -0.05) is 27.7 Å². The molecule has 0 unspecified atom stereocenters. The number of carbonyl (C=O) groups excluding carboxylic acids is 3. The van der Waals surface area contributed by atoms with Crippen LogP contribution in [0.15, 0.2) is 11.3 Å². The maximum Gasteiger partial charge on any atom is 0.356 e. The van der Waals surface area contributed by atoms with Gasteiger partial charge < -0.3 is 20.8 Å². The molecule has 1 atom stereocenters. The van der Waals surface area contributed by atoms with Gasteiger partial charge in [-0.15, -0.1) is 0 Å². The van der Waals surface area contributed by atoms with Gasteiger partial charge in [0.1, 0.15) is 0 Å². The Hall–Kier alpha value is -4.13. The summed E-state index contributed by atoms with van der Waals surface area (Å²) in [7, 11) is 0. The Labute approximate surface area is 234 Å². The molecule has 2 aromatic rings. The highest BCUT2D eigenvalue weighted by Crippen LogP contribution is 2.15. The van der Waals surface area contributed by atoms with Crippen LogP contribution in [-0.4, -0.2) is 72.3 Å². The predicted molar refractivity (Wildman–Crippen MR) is 150 cm³/mol. The van der Waals surface area contributed by atoms with E-state index in [0.717, 1.165) is 25.1 Å². The van der Waals surface area contributed by atoms with E-state index in [1.165, 1.54) is 4.68 Å². The lowest BCUT2D eigenvalue weighted by atomic mass is 10.2. The van der Waals surface area contributed by atoms with Crippen molar-refractivity contribution in [2.45, 2.75) is 88.1 Å². The molecule has 5 N–H and O–H groups in total.